The monoisotopic (exact) mass is 270 g/mol. The molecule has 2 fully saturated rings. The zero-order valence-electron chi connectivity index (χ0n) is 12.7. The molecular weight excluding hydrogens is 240 g/mol. The van der Waals surface area contributed by atoms with Gasteiger partial charge in [-0.3, -0.25) is 4.90 Å². The number of nitrogens with one attached hydrogen (secondary N) is 1. The van der Waals surface area contributed by atoms with Crippen molar-refractivity contribution in [1.29, 1.82) is 0 Å². The van der Waals surface area contributed by atoms with Crippen LogP contribution in [0, 0.1) is 5.92 Å². The fraction of sp³-hybridized carbons (Fsp3) is 1.00. The molecule has 2 aliphatic heterocycles. The van der Waals surface area contributed by atoms with Gasteiger partial charge in [0.15, 0.2) is 0 Å². The summed E-state index contributed by atoms with van der Waals surface area (Å²) in [6.45, 7) is 12.7. The highest BCUT2D eigenvalue weighted by Gasteiger charge is 2.24. The molecule has 2 aliphatic rings. The maximum atomic E-state index is 5.87. The molecule has 0 amide bonds. The van der Waals surface area contributed by atoms with Crippen molar-refractivity contribution in [1.82, 2.24) is 10.2 Å². The second-order valence-corrected chi connectivity index (χ2v) is 6.23. The number of rotatable bonds is 5. The van der Waals surface area contributed by atoms with Crippen molar-refractivity contribution >= 4 is 0 Å². The average molecular weight is 270 g/mol. The zero-order valence-corrected chi connectivity index (χ0v) is 12.7. The number of morpholine rings is 1. The first-order chi connectivity index (χ1) is 9.16. The highest BCUT2D eigenvalue weighted by molar-refractivity contribution is 4.80. The van der Waals surface area contributed by atoms with Crippen molar-refractivity contribution in [2.24, 2.45) is 5.92 Å². The lowest BCUT2D eigenvalue weighted by molar-refractivity contribution is -0.0394. The summed E-state index contributed by atoms with van der Waals surface area (Å²) in [5.74, 6) is 0.763. The van der Waals surface area contributed by atoms with E-state index in [0.29, 0.717) is 18.2 Å². The Morgan fingerprint density at radius 1 is 1.16 bits per heavy atom. The van der Waals surface area contributed by atoms with Crippen LogP contribution in [0.5, 0.6) is 0 Å². The van der Waals surface area contributed by atoms with Gasteiger partial charge in [0.25, 0.3) is 0 Å². The molecule has 2 atom stereocenters. The van der Waals surface area contributed by atoms with Crippen molar-refractivity contribution in [3.05, 3.63) is 0 Å². The fourth-order valence-corrected chi connectivity index (χ4v) is 3.03. The summed E-state index contributed by atoms with van der Waals surface area (Å²) in [5.41, 5.74) is 0. The van der Waals surface area contributed by atoms with Crippen LogP contribution in [0.15, 0.2) is 0 Å². The van der Waals surface area contributed by atoms with E-state index >= 15 is 0 Å². The lowest BCUT2D eigenvalue weighted by atomic mass is 9.93. The molecule has 0 saturated carbocycles. The molecule has 0 aromatic heterocycles. The van der Waals surface area contributed by atoms with Gasteiger partial charge in [-0.1, -0.05) is 0 Å². The van der Waals surface area contributed by atoms with Crippen LogP contribution in [0.25, 0.3) is 0 Å². The van der Waals surface area contributed by atoms with Gasteiger partial charge in [0.1, 0.15) is 0 Å². The summed E-state index contributed by atoms with van der Waals surface area (Å²) in [5, 5.41) is 3.67. The molecule has 112 valence electrons. The molecule has 1 N–H and O–H groups in total. The molecule has 2 heterocycles. The van der Waals surface area contributed by atoms with Crippen molar-refractivity contribution in [3.63, 3.8) is 0 Å². The first kappa shape index (κ1) is 15.2. The van der Waals surface area contributed by atoms with Gasteiger partial charge >= 0.3 is 0 Å². The van der Waals surface area contributed by atoms with Crippen LogP contribution in [0.3, 0.4) is 0 Å². The third-order valence-corrected chi connectivity index (χ3v) is 4.54. The largest absolute Gasteiger partial charge is 0.381 e. The molecule has 0 spiro atoms. The van der Waals surface area contributed by atoms with Gasteiger partial charge < -0.3 is 14.8 Å². The lowest BCUT2D eigenvalue weighted by Gasteiger charge is -2.36. The number of hydrogen-bond acceptors (Lipinski definition) is 4. The molecular formula is C15H30N2O2. The van der Waals surface area contributed by atoms with E-state index in [-0.39, 0.29) is 0 Å². The Bertz CT molecular complexity index is 255. The van der Waals surface area contributed by atoms with Crippen molar-refractivity contribution in [2.45, 2.75) is 51.8 Å². The number of hydrogen-bond donors (Lipinski definition) is 1. The highest BCUT2D eigenvalue weighted by atomic mass is 16.5. The van der Waals surface area contributed by atoms with Gasteiger partial charge in [-0.25, -0.2) is 0 Å². The Hall–Kier alpha value is -0.160. The summed E-state index contributed by atoms with van der Waals surface area (Å²) in [6, 6.07) is 1.20. The van der Waals surface area contributed by atoms with Crippen LogP contribution >= 0.6 is 0 Å². The van der Waals surface area contributed by atoms with Gasteiger partial charge in [-0.15, -0.1) is 0 Å². The molecule has 4 nitrogen and oxygen atoms in total. The summed E-state index contributed by atoms with van der Waals surface area (Å²) in [7, 11) is 0. The minimum absolute atomic E-state index is 0.346. The van der Waals surface area contributed by atoms with Gasteiger partial charge in [0, 0.05) is 44.9 Å². The molecule has 2 saturated heterocycles. The fourth-order valence-electron chi connectivity index (χ4n) is 3.03. The van der Waals surface area contributed by atoms with Crippen LogP contribution in [0.1, 0.15) is 33.6 Å². The van der Waals surface area contributed by atoms with Crippen molar-refractivity contribution in [3.8, 4) is 0 Å². The average Bonchev–Trinajstić information content (AvgIpc) is 2.46. The normalized spacial score (nSPS) is 28.7. The second-order valence-electron chi connectivity index (χ2n) is 6.23. The van der Waals surface area contributed by atoms with Crippen LogP contribution in [-0.2, 0) is 9.47 Å². The van der Waals surface area contributed by atoms with Gasteiger partial charge in [-0.2, -0.15) is 0 Å². The van der Waals surface area contributed by atoms with E-state index in [4.69, 9.17) is 9.47 Å². The quantitative estimate of drug-likeness (QED) is 0.821. The lowest BCUT2D eigenvalue weighted by Crippen LogP contribution is -2.50. The molecule has 0 aromatic rings. The SMILES string of the molecule is CC(NCC1CN(C(C)C)CCO1)C1CCOCC1. The van der Waals surface area contributed by atoms with E-state index in [9.17, 15) is 0 Å². The molecule has 4 heteroatoms. The van der Waals surface area contributed by atoms with Gasteiger partial charge in [-0.05, 0) is 39.5 Å². The number of ether oxygens (including phenoxy) is 2. The summed E-state index contributed by atoms with van der Waals surface area (Å²) in [4.78, 5) is 2.51. The molecule has 19 heavy (non-hydrogen) atoms. The Labute approximate surface area is 117 Å². The summed E-state index contributed by atoms with van der Waals surface area (Å²) < 4.78 is 11.3. The predicted molar refractivity (Wildman–Crippen MR) is 77.5 cm³/mol. The standard InChI is InChI=1S/C15H30N2O2/c1-12(2)17-6-9-19-15(11-17)10-16-13(3)14-4-7-18-8-5-14/h12-16H,4-11H2,1-3H3. The highest BCUT2D eigenvalue weighted by Crippen LogP contribution is 2.18. The summed E-state index contributed by atoms with van der Waals surface area (Å²) in [6.07, 6.45) is 2.73. The van der Waals surface area contributed by atoms with Gasteiger partial charge in [0.2, 0.25) is 0 Å². The van der Waals surface area contributed by atoms with E-state index in [2.05, 4.69) is 31.0 Å². The van der Waals surface area contributed by atoms with E-state index in [0.717, 1.165) is 45.4 Å². The van der Waals surface area contributed by atoms with Crippen LogP contribution in [0.2, 0.25) is 0 Å². The topological polar surface area (TPSA) is 33.7 Å². The Kier molecular flexibility index (Phi) is 6.07. The maximum Gasteiger partial charge on any atom is 0.0826 e. The molecule has 0 aromatic carbocycles. The van der Waals surface area contributed by atoms with Crippen LogP contribution in [0.4, 0.5) is 0 Å². The minimum Gasteiger partial charge on any atom is -0.381 e. The second kappa shape index (κ2) is 7.58. The van der Waals surface area contributed by atoms with E-state index in [1.165, 1.54) is 12.8 Å². The summed E-state index contributed by atoms with van der Waals surface area (Å²) >= 11 is 0. The minimum atomic E-state index is 0.346. The van der Waals surface area contributed by atoms with Crippen molar-refractivity contribution < 1.29 is 9.47 Å². The van der Waals surface area contributed by atoms with Crippen LogP contribution in [-0.4, -0.2) is 62.5 Å². The first-order valence-corrected chi connectivity index (χ1v) is 7.83. The Morgan fingerprint density at radius 3 is 2.58 bits per heavy atom. The van der Waals surface area contributed by atoms with E-state index in [1.807, 2.05) is 0 Å². The maximum absolute atomic E-state index is 5.87. The van der Waals surface area contributed by atoms with Crippen molar-refractivity contribution in [2.75, 3.05) is 39.5 Å². The van der Waals surface area contributed by atoms with E-state index in [1.54, 1.807) is 0 Å². The third kappa shape index (κ3) is 4.71. The number of nitrogens with zero attached hydrogens (tertiary/aromatic N) is 1. The molecule has 2 unspecified atom stereocenters. The van der Waals surface area contributed by atoms with Gasteiger partial charge in [0.05, 0.1) is 12.7 Å². The molecule has 0 aliphatic carbocycles. The predicted octanol–water partition coefficient (Wildman–Crippen LogP) is 1.50. The zero-order chi connectivity index (χ0) is 13.7. The van der Waals surface area contributed by atoms with Crippen LogP contribution < -0.4 is 5.32 Å². The molecule has 0 radical (unpaired) electrons. The smallest absolute Gasteiger partial charge is 0.0826 e. The third-order valence-electron chi connectivity index (χ3n) is 4.54. The molecule has 0 bridgehead atoms. The van der Waals surface area contributed by atoms with E-state index < -0.39 is 0 Å². The molecule has 2 rings (SSSR count). The Morgan fingerprint density at radius 2 is 1.89 bits per heavy atom. The first-order valence-electron chi connectivity index (χ1n) is 7.83. The Balaban J connectivity index is 1.69.